The third-order valence-corrected chi connectivity index (χ3v) is 6.68. The molecule has 1 N–H and O–H groups in total. The van der Waals surface area contributed by atoms with Crippen LogP contribution >= 0.6 is 23.1 Å². The molecule has 2 heterocycles. The first-order valence-corrected chi connectivity index (χ1v) is 8.75. The van der Waals surface area contributed by atoms with Crippen molar-refractivity contribution in [2.45, 2.75) is 60.6 Å². The zero-order valence-corrected chi connectivity index (χ0v) is 13.2. The summed E-state index contributed by atoms with van der Waals surface area (Å²) < 4.78 is 6.96. The fourth-order valence-corrected chi connectivity index (χ4v) is 5.66. The summed E-state index contributed by atoms with van der Waals surface area (Å²) in [5.41, 5.74) is 1.02. The van der Waals surface area contributed by atoms with E-state index >= 15 is 0 Å². The minimum atomic E-state index is -0.784. The Hall–Kier alpha value is -0.590. The minimum absolute atomic E-state index is 0.0851. The van der Waals surface area contributed by atoms with Crippen molar-refractivity contribution in [1.82, 2.24) is 4.98 Å². The second-order valence-electron chi connectivity index (χ2n) is 5.68. The van der Waals surface area contributed by atoms with Gasteiger partial charge in [-0.2, -0.15) is 0 Å². The number of ether oxygens (including phenoxy) is 1. The van der Waals surface area contributed by atoms with Crippen LogP contribution in [0.1, 0.15) is 42.7 Å². The summed E-state index contributed by atoms with van der Waals surface area (Å²) in [4.78, 5) is 16.2. The number of hydrogen-bond donors (Lipinski definition) is 1. The van der Waals surface area contributed by atoms with Gasteiger partial charge in [0.2, 0.25) is 0 Å². The van der Waals surface area contributed by atoms with E-state index in [4.69, 9.17) is 9.84 Å². The third-order valence-electron chi connectivity index (χ3n) is 4.16. The van der Waals surface area contributed by atoms with E-state index < -0.39 is 5.97 Å². The van der Waals surface area contributed by atoms with Gasteiger partial charge in [0.05, 0.1) is 17.7 Å². The molecule has 4 nitrogen and oxygen atoms in total. The van der Waals surface area contributed by atoms with Crippen molar-refractivity contribution in [3.8, 4) is 0 Å². The number of carboxylic acids is 1. The van der Waals surface area contributed by atoms with Gasteiger partial charge in [0.25, 0.3) is 0 Å². The zero-order chi connectivity index (χ0) is 14.2. The number of carbonyl (C=O) groups is 1. The van der Waals surface area contributed by atoms with Gasteiger partial charge in [-0.05, 0) is 39.0 Å². The number of rotatable bonds is 4. The lowest BCUT2D eigenvalue weighted by atomic mass is 9.75. The van der Waals surface area contributed by atoms with E-state index in [9.17, 15) is 4.79 Å². The Bertz CT molecular complexity index is 511. The topological polar surface area (TPSA) is 59.4 Å². The van der Waals surface area contributed by atoms with Crippen molar-refractivity contribution in [1.29, 1.82) is 0 Å². The van der Waals surface area contributed by atoms with Gasteiger partial charge in [0.15, 0.2) is 4.34 Å². The van der Waals surface area contributed by atoms with Crippen molar-refractivity contribution in [3.05, 3.63) is 10.6 Å². The summed E-state index contributed by atoms with van der Waals surface area (Å²) >= 11 is 3.35. The molecule has 1 saturated heterocycles. The molecule has 0 amide bonds. The van der Waals surface area contributed by atoms with E-state index in [2.05, 4.69) is 4.98 Å². The normalized spacial score (nSPS) is 24.6. The Balaban J connectivity index is 1.64. The molecule has 1 aliphatic heterocycles. The van der Waals surface area contributed by atoms with Gasteiger partial charge < -0.3 is 9.84 Å². The average molecular weight is 313 g/mol. The monoisotopic (exact) mass is 313 g/mol. The number of carboxylic acid groups (broad SMARTS) is 1. The summed E-state index contributed by atoms with van der Waals surface area (Å²) in [6, 6.07) is 0. The van der Waals surface area contributed by atoms with E-state index in [1.807, 2.05) is 18.7 Å². The summed E-state index contributed by atoms with van der Waals surface area (Å²) in [5, 5.41) is 9.45. The van der Waals surface area contributed by atoms with E-state index in [1.165, 1.54) is 30.6 Å². The highest BCUT2D eigenvalue weighted by atomic mass is 32.2. The lowest BCUT2D eigenvalue weighted by molar-refractivity contribution is -0.136. The fourth-order valence-electron chi connectivity index (χ4n) is 2.90. The highest BCUT2D eigenvalue weighted by Crippen LogP contribution is 2.46. The molecule has 110 valence electrons. The number of thioether (sulfide) groups is 1. The molecule has 3 rings (SSSR count). The molecular weight excluding hydrogens is 294 g/mol. The van der Waals surface area contributed by atoms with Gasteiger partial charge in [0.1, 0.15) is 0 Å². The standard InChI is InChI=1S/C14H19NO3S2/c1-9-11(7-12(16)17)20-13(15-9)19-10-3-6-18-14(8-10)4-2-5-14/h10H,2-8H2,1H3,(H,16,17). The number of aromatic nitrogens is 1. The van der Waals surface area contributed by atoms with Gasteiger partial charge in [-0.3, -0.25) is 4.79 Å². The maximum Gasteiger partial charge on any atom is 0.308 e. The van der Waals surface area contributed by atoms with E-state index in [-0.39, 0.29) is 12.0 Å². The van der Waals surface area contributed by atoms with Gasteiger partial charge in [-0.1, -0.05) is 11.8 Å². The fraction of sp³-hybridized carbons (Fsp3) is 0.714. The molecule has 1 unspecified atom stereocenters. The number of aliphatic carboxylic acids is 1. The number of aryl methyl sites for hydroxylation is 1. The Kier molecular flexibility index (Phi) is 4.06. The molecule has 1 saturated carbocycles. The highest BCUT2D eigenvalue weighted by molar-refractivity contribution is 8.01. The van der Waals surface area contributed by atoms with Gasteiger partial charge in [-0.25, -0.2) is 4.98 Å². The smallest absolute Gasteiger partial charge is 0.308 e. The molecule has 2 fully saturated rings. The molecule has 0 bridgehead atoms. The maximum atomic E-state index is 10.8. The molecule has 2 aliphatic rings. The van der Waals surface area contributed by atoms with Crippen molar-refractivity contribution in [2.24, 2.45) is 0 Å². The van der Waals surface area contributed by atoms with Gasteiger partial charge >= 0.3 is 5.97 Å². The average Bonchev–Trinajstić information content (AvgIpc) is 2.67. The Morgan fingerprint density at radius 1 is 1.60 bits per heavy atom. The second-order valence-corrected chi connectivity index (χ2v) is 8.31. The van der Waals surface area contributed by atoms with Crippen molar-refractivity contribution in [3.63, 3.8) is 0 Å². The Morgan fingerprint density at radius 2 is 2.40 bits per heavy atom. The molecule has 1 aromatic heterocycles. The van der Waals surface area contributed by atoms with Gasteiger partial charge in [0, 0.05) is 16.7 Å². The van der Waals surface area contributed by atoms with E-state index in [0.717, 1.165) is 34.4 Å². The highest BCUT2D eigenvalue weighted by Gasteiger charge is 2.42. The van der Waals surface area contributed by atoms with E-state index in [0.29, 0.717) is 5.25 Å². The first kappa shape index (κ1) is 14.4. The summed E-state index contributed by atoms with van der Waals surface area (Å²) in [5.74, 6) is -0.784. The first-order chi connectivity index (χ1) is 9.56. The van der Waals surface area contributed by atoms with Crippen LogP contribution in [-0.4, -0.2) is 33.5 Å². The minimum Gasteiger partial charge on any atom is -0.481 e. The van der Waals surface area contributed by atoms with Crippen LogP contribution in [0.5, 0.6) is 0 Å². The summed E-state index contributed by atoms with van der Waals surface area (Å²) in [6.07, 6.45) is 5.96. The predicted molar refractivity (Wildman–Crippen MR) is 79.6 cm³/mol. The third kappa shape index (κ3) is 3.02. The Labute approximate surface area is 126 Å². The maximum absolute atomic E-state index is 10.8. The van der Waals surface area contributed by atoms with Crippen molar-refractivity contribution >= 4 is 29.1 Å². The molecule has 0 aromatic carbocycles. The van der Waals surface area contributed by atoms with Crippen LogP contribution in [0, 0.1) is 6.92 Å². The number of thiazole rings is 1. The van der Waals surface area contributed by atoms with Crippen LogP contribution in [-0.2, 0) is 16.0 Å². The molecule has 1 aromatic rings. The molecule has 6 heteroatoms. The van der Waals surface area contributed by atoms with Crippen molar-refractivity contribution < 1.29 is 14.6 Å². The second kappa shape index (κ2) is 5.66. The number of hydrogen-bond acceptors (Lipinski definition) is 5. The van der Waals surface area contributed by atoms with Crippen molar-refractivity contribution in [2.75, 3.05) is 6.61 Å². The molecule has 1 spiro atoms. The van der Waals surface area contributed by atoms with Gasteiger partial charge in [-0.15, -0.1) is 11.3 Å². The summed E-state index contributed by atoms with van der Waals surface area (Å²) in [7, 11) is 0. The quantitative estimate of drug-likeness (QED) is 0.924. The lowest BCUT2D eigenvalue weighted by Gasteiger charge is -2.46. The number of nitrogens with zero attached hydrogens (tertiary/aromatic N) is 1. The van der Waals surface area contributed by atoms with Crippen LogP contribution in [0.4, 0.5) is 0 Å². The Morgan fingerprint density at radius 3 is 3.05 bits per heavy atom. The summed E-state index contributed by atoms with van der Waals surface area (Å²) in [6.45, 7) is 2.75. The zero-order valence-electron chi connectivity index (χ0n) is 11.6. The molecule has 1 aliphatic carbocycles. The predicted octanol–water partition coefficient (Wildman–Crippen LogP) is 3.27. The van der Waals surface area contributed by atoms with Crippen LogP contribution in [0.2, 0.25) is 0 Å². The van der Waals surface area contributed by atoms with Crippen LogP contribution in [0.25, 0.3) is 0 Å². The SMILES string of the molecule is Cc1nc(SC2CCOC3(CCC3)C2)sc1CC(=O)O. The molecule has 20 heavy (non-hydrogen) atoms. The van der Waals surface area contributed by atoms with Crippen LogP contribution in [0.15, 0.2) is 4.34 Å². The first-order valence-electron chi connectivity index (χ1n) is 7.05. The largest absolute Gasteiger partial charge is 0.481 e. The lowest BCUT2D eigenvalue weighted by Crippen LogP contribution is -2.46. The molecule has 0 radical (unpaired) electrons. The van der Waals surface area contributed by atoms with Crippen LogP contribution in [0.3, 0.4) is 0 Å². The molecular formula is C14H19NO3S2. The van der Waals surface area contributed by atoms with Crippen LogP contribution < -0.4 is 0 Å². The van der Waals surface area contributed by atoms with E-state index in [1.54, 1.807) is 0 Å². The molecule has 1 atom stereocenters.